The van der Waals surface area contributed by atoms with Crippen molar-refractivity contribution in [2.75, 3.05) is 11.1 Å². The average Bonchev–Trinajstić information content (AvgIpc) is 2.12. The lowest BCUT2D eigenvalue weighted by atomic mass is 10.2. The van der Waals surface area contributed by atoms with Crippen molar-refractivity contribution in [1.82, 2.24) is 9.97 Å². The van der Waals surface area contributed by atoms with Crippen molar-refractivity contribution in [2.24, 2.45) is 0 Å². The summed E-state index contributed by atoms with van der Waals surface area (Å²) < 4.78 is 0. The Balaban J connectivity index is 2.75. The summed E-state index contributed by atoms with van der Waals surface area (Å²) in [7, 11) is 0. The van der Waals surface area contributed by atoms with Crippen molar-refractivity contribution in [3.8, 4) is 0 Å². The number of hydrogen-bond donors (Lipinski definition) is 2. The standard InChI is InChI=1S/C10H18N4/c1-4-8(5-2)13-9-6-7(3)12-10(11)14-9/h6,8H,4-5H2,1-3H3,(H3,11,12,13,14). The number of nitrogens with two attached hydrogens (primary N) is 1. The molecule has 4 nitrogen and oxygen atoms in total. The highest BCUT2D eigenvalue weighted by molar-refractivity contribution is 5.40. The van der Waals surface area contributed by atoms with Crippen LogP contribution in [0.15, 0.2) is 6.07 Å². The van der Waals surface area contributed by atoms with E-state index in [1.54, 1.807) is 0 Å². The molecule has 0 aliphatic carbocycles. The molecule has 4 heteroatoms. The molecule has 0 radical (unpaired) electrons. The molecule has 0 saturated carbocycles. The highest BCUT2D eigenvalue weighted by atomic mass is 15.1. The lowest BCUT2D eigenvalue weighted by molar-refractivity contribution is 0.668. The van der Waals surface area contributed by atoms with Crippen LogP contribution < -0.4 is 11.1 Å². The molecule has 78 valence electrons. The van der Waals surface area contributed by atoms with Gasteiger partial charge in [0.1, 0.15) is 5.82 Å². The molecule has 1 aromatic heterocycles. The molecule has 1 rings (SSSR count). The molecule has 1 aromatic rings. The van der Waals surface area contributed by atoms with Crippen molar-refractivity contribution in [3.63, 3.8) is 0 Å². The van der Waals surface area contributed by atoms with Crippen LogP contribution in [0.25, 0.3) is 0 Å². The molecule has 0 unspecified atom stereocenters. The van der Waals surface area contributed by atoms with Gasteiger partial charge in [0.05, 0.1) is 0 Å². The smallest absolute Gasteiger partial charge is 0.222 e. The number of anilines is 2. The van der Waals surface area contributed by atoms with Gasteiger partial charge in [-0.3, -0.25) is 0 Å². The molecule has 3 N–H and O–H groups in total. The van der Waals surface area contributed by atoms with Crippen LogP contribution in [0.1, 0.15) is 32.4 Å². The molecule has 0 aromatic carbocycles. The Labute approximate surface area is 85.0 Å². The van der Waals surface area contributed by atoms with E-state index in [1.807, 2.05) is 13.0 Å². The summed E-state index contributed by atoms with van der Waals surface area (Å²) in [5.74, 6) is 1.15. The quantitative estimate of drug-likeness (QED) is 0.769. The van der Waals surface area contributed by atoms with Crippen LogP contribution in [-0.4, -0.2) is 16.0 Å². The van der Waals surface area contributed by atoms with E-state index in [2.05, 4.69) is 29.1 Å². The van der Waals surface area contributed by atoms with Gasteiger partial charge < -0.3 is 11.1 Å². The van der Waals surface area contributed by atoms with E-state index < -0.39 is 0 Å². The first-order chi connectivity index (χ1) is 6.65. The van der Waals surface area contributed by atoms with Crippen LogP contribution in [0.5, 0.6) is 0 Å². The lowest BCUT2D eigenvalue weighted by Crippen LogP contribution is -2.18. The Morgan fingerprint density at radius 3 is 2.50 bits per heavy atom. The van der Waals surface area contributed by atoms with Gasteiger partial charge in [-0.15, -0.1) is 0 Å². The highest BCUT2D eigenvalue weighted by Gasteiger charge is 2.05. The van der Waals surface area contributed by atoms with Crippen LogP contribution in [0.3, 0.4) is 0 Å². The van der Waals surface area contributed by atoms with Crippen molar-refractivity contribution >= 4 is 11.8 Å². The zero-order valence-electron chi connectivity index (χ0n) is 9.04. The first-order valence-electron chi connectivity index (χ1n) is 5.03. The molecule has 0 atom stereocenters. The van der Waals surface area contributed by atoms with Gasteiger partial charge >= 0.3 is 0 Å². The van der Waals surface area contributed by atoms with Gasteiger partial charge in [-0.05, 0) is 19.8 Å². The Kier molecular flexibility index (Phi) is 3.68. The molecule has 0 spiro atoms. The number of nitrogens with one attached hydrogen (secondary N) is 1. The van der Waals surface area contributed by atoms with E-state index in [9.17, 15) is 0 Å². The minimum absolute atomic E-state index is 0.332. The SMILES string of the molecule is CCC(CC)Nc1cc(C)nc(N)n1. The second kappa shape index (κ2) is 4.79. The van der Waals surface area contributed by atoms with Crippen LogP contribution in [-0.2, 0) is 0 Å². The molecule has 14 heavy (non-hydrogen) atoms. The Morgan fingerprint density at radius 2 is 2.00 bits per heavy atom. The molecule has 1 heterocycles. The van der Waals surface area contributed by atoms with Gasteiger partial charge in [-0.25, -0.2) is 4.98 Å². The minimum atomic E-state index is 0.332. The summed E-state index contributed by atoms with van der Waals surface area (Å²) in [6.07, 6.45) is 2.17. The summed E-state index contributed by atoms with van der Waals surface area (Å²) >= 11 is 0. The zero-order chi connectivity index (χ0) is 10.6. The highest BCUT2D eigenvalue weighted by Crippen LogP contribution is 2.11. The first kappa shape index (κ1) is 10.8. The summed E-state index contributed by atoms with van der Waals surface area (Å²) in [4.78, 5) is 8.15. The molecule has 0 fully saturated rings. The van der Waals surface area contributed by atoms with E-state index in [0.29, 0.717) is 12.0 Å². The van der Waals surface area contributed by atoms with Crippen LogP contribution in [0.4, 0.5) is 11.8 Å². The predicted octanol–water partition coefficient (Wildman–Crippen LogP) is 1.97. The van der Waals surface area contributed by atoms with Gasteiger partial charge in [-0.2, -0.15) is 4.98 Å². The van der Waals surface area contributed by atoms with Crippen molar-refractivity contribution in [3.05, 3.63) is 11.8 Å². The van der Waals surface area contributed by atoms with Gasteiger partial charge in [0.25, 0.3) is 0 Å². The molecular weight excluding hydrogens is 176 g/mol. The van der Waals surface area contributed by atoms with E-state index in [0.717, 1.165) is 24.4 Å². The molecule has 0 bridgehead atoms. The second-order valence-electron chi connectivity index (χ2n) is 3.41. The number of nitrogens with zero attached hydrogens (tertiary/aromatic N) is 2. The van der Waals surface area contributed by atoms with Crippen molar-refractivity contribution < 1.29 is 0 Å². The largest absolute Gasteiger partial charge is 0.368 e. The number of aromatic nitrogens is 2. The molecule has 0 amide bonds. The number of hydrogen-bond acceptors (Lipinski definition) is 4. The van der Waals surface area contributed by atoms with Gasteiger partial charge in [0, 0.05) is 17.8 Å². The number of rotatable bonds is 4. The van der Waals surface area contributed by atoms with Gasteiger partial charge in [-0.1, -0.05) is 13.8 Å². The summed E-state index contributed by atoms with van der Waals surface area (Å²) in [5.41, 5.74) is 6.45. The summed E-state index contributed by atoms with van der Waals surface area (Å²) in [5, 5.41) is 3.33. The molecule has 0 saturated heterocycles. The Morgan fingerprint density at radius 1 is 1.36 bits per heavy atom. The third-order valence-corrected chi connectivity index (χ3v) is 2.21. The monoisotopic (exact) mass is 194 g/mol. The Hall–Kier alpha value is -1.32. The second-order valence-corrected chi connectivity index (χ2v) is 3.41. The van der Waals surface area contributed by atoms with Crippen LogP contribution in [0.2, 0.25) is 0 Å². The lowest BCUT2D eigenvalue weighted by Gasteiger charge is -2.15. The van der Waals surface area contributed by atoms with Gasteiger partial charge in [0.2, 0.25) is 5.95 Å². The maximum Gasteiger partial charge on any atom is 0.222 e. The molecular formula is C10H18N4. The first-order valence-corrected chi connectivity index (χ1v) is 5.03. The maximum atomic E-state index is 5.56. The normalized spacial score (nSPS) is 10.6. The van der Waals surface area contributed by atoms with Crippen molar-refractivity contribution in [1.29, 1.82) is 0 Å². The van der Waals surface area contributed by atoms with Gasteiger partial charge in [0.15, 0.2) is 0 Å². The maximum absolute atomic E-state index is 5.56. The minimum Gasteiger partial charge on any atom is -0.368 e. The fourth-order valence-corrected chi connectivity index (χ4v) is 1.37. The summed E-state index contributed by atoms with van der Waals surface area (Å²) in [6, 6.07) is 2.37. The molecule has 0 aliphatic heterocycles. The zero-order valence-corrected chi connectivity index (χ0v) is 9.04. The van der Waals surface area contributed by atoms with E-state index in [4.69, 9.17) is 5.73 Å². The topological polar surface area (TPSA) is 63.8 Å². The number of nitrogen functional groups attached to an aromatic ring is 1. The average molecular weight is 194 g/mol. The third-order valence-electron chi connectivity index (χ3n) is 2.21. The predicted molar refractivity (Wildman–Crippen MR) is 59.2 cm³/mol. The third kappa shape index (κ3) is 2.87. The van der Waals surface area contributed by atoms with E-state index in [-0.39, 0.29) is 0 Å². The van der Waals surface area contributed by atoms with Crippen LogP contribution in [0, 0.1) is 6.92 Å². The van der Waals surface area contributed by atoms with Crippen LogP contribution >= 0.6 is 0 Å². The van der Waals surface area contributed by atoms with E-state index >= 15 is 0 Å². The van der Waals surface area contributed by atoms with Crippen molar-refractivity contribution in [2.45, 2.75) is 39.7 Å². The molecule has 0 aliphatic rings. The summed E-state index contributed by atoms with van der Waals surface area (Å²) in [6.45, 7) is 6.22. The Bertz CT molecular complexity index is 274. The number of aryl methyl sites for hydroxylation is 1. The van der Waals surface area contributed by atoms with E-state index in [1.165, 1.54) is 0 Å². The fourth-order valence-electron chi connectivity index (χ4n) is 1.37. The fraction of sp³-hybridized carbons (Fsp3) is 0.600.